The maximum atomic E-state index is 14.4. The Morgan fingerprint density at radius 3 is 1.91 bits per heavy atom. The van der Waals surface area contributed by atoms with Crippen LogP contribution in [0.2, 0.25) is 0 Å². The number of nitrogens with two attached hydrogens (primary N) is 1. The number of nitrogens with zero attached hydrogens (tertiary/aromatic N) is 3. The number of amides is 8. The molecule has 1 heterocycles. The summed E-state index contributed by atoms with van der Waals surface area (Å²) in [4.78, 5) is 117. The molecular weight excluding hydrogens is 995 g/mol. The van der Waals surface area contributed by atoms with Gasteiger partial charge in [0, 0.05) is 46.3 Å². The van der Waals surface area contributed by atoms with Gasteiger partial charge in [0.1, 0.15) is 18.1 Å². The van der Waals surface area contributed by atoms with Crippen molar-refractivity contribution in [3.63, 3.8) is 0 Å². The first kappa shape index (κ1) is 67.8. The third-order valence-electron chi connectivity index (χ3n) is 14.0. The topological polar surface area (TPSA) is 279 Å². The fraction of sp³-hybridized carbons (Fsp3) is 0.745. The molecule has 0 aliphatic carbocycles. The van der Waals surface area contributed by atoms with Gasteiger partial charge in [0.2, 0.25) is 41.4 Å². The molecule has 7 N–H and O–H groups in total. The van der Waals surface area contributed by atoms with Crippen molar-refractivity contribution >= 4 is 52.9 Å². The van der Waals surface area contributed by atoms with Crippen LogP contribution in [0.1, 0.15) is 120 Å². The predicted molar refractivity (Wildman–Crippen MR) is 292 cm³/mol. The highest BCUT2D eigenvalue weighted by Crippen LogP contribution is 2.30. The molecule has 1 aliphatic rings. The van der Waals surface area contributed by atoms with Crippen LogP contribution >= 0.6 is 0 Å². The van der Waals surface area contributed by atoms with Gasteiger partial charge in [0.15, 0.2) is 0 Å². The highest BCUT2D eigenvalue weighted by molar-refractivity contribution is 5.97. The van der Waals surface area contributed by atoms with Crippen LogP contribution in [0.15, 0.2) is 24.3 Å². The number of methoxy groups -OCH3 is 2. The van der Waals surface area contributed by atoms with E-state index in [4.69, 9.17) is 29.5 Å². The Morgan fingerprint density at radius 1 is 0.753 bits per heavy atom. The minimum atomic E-state index is -0.954. The zero-order chi connectivity index (χ0) is 58.1. The summed E-state index contributed by atoms with van der Waals surface area (Å²) in [5, 5.41) is 11.3. The van der Waals surface area contributed by atoms with Crippen LogP contribution in [0.3, 0.4) is 0 Å². The lowest BCUT2D eigenvalue weighted by molar-refractivity contribution is -0.148. The third-order valence-corrected chi connectivity index (χ3v) is 14.0. The van der Waals surface area contributed by atoms with Crippen LogP contribution in [0.5, 0.6) is 0 Å². The van der Waals surface area contributed by atoms with E-state index in [0.29, 0.717) is 43.5 Å². The normalized spacial score (nSPS) is 17.2. The van der Waals surface area contributed by atoms with Gasteiger partial charge in [-0.05, 0) is 81.6 Å². The number of anilines is 1. The summed E-state index contributed by atoms with van der Waals surface area (Å²) in [7, 11) is 8.43. The number of hydrogen-bond donors (Lipinski definition) is 6. The van der Waals surface area contributed by atoms with Gasteiger partial charge in [0.05, 0.1) is 75.7 Å². The van der Waals surface area contributed by atoms with E-state index < -0.39 is 78.0 Å². The van der Waals surface area contributed by atoms with Crippen molar-refractivity contribution in [2.24, 2.45) is 35.3 Å². The van der Waals surface area contributed by atoms with Crippen LogP contribution in [0.4, 0.5) is 5.69 Å². The number of hydrogen-bond acceptors (Lipinski definition) is 14. The molecule has 0 radical (unpaired) electrons. The standard InChI is InChI=1S/C55H95N9O13/c1-16-36(8)49(63(13)55(72)47(34(4)5)60-54(71)48(35(6)7)62(11)12)43(73-14)31-46(67)64-25-17-18-42(64)50(74-15)37(9)51(68)59-41(30-33(2)3)53(70)61-77-32-39-19-21-40(22-20-39)58-52(69)38(10)57-45(66)24-27-76-29-28-75-26-23-44(56)65/h19-22,33-38,41-43,47-50H,16-18,23-32H2,1-15H3,(H2,56,65)(H,57,66)(H,58,69)(H,59,68)(H,60,71)(H,61,70)/t36-,37+,38+,41-,42-,43+,47-,48-,49-,50+/m0/s1. The maximum absolute atomic E-state index is 14.4. The van der Waals surface area contributed by atoms with Crippen LogP contribution in [0.25, 0.3) is 0 Å². The minimum absolute atomic E-state index is 0.0120. The number of nitrogens with one attached hydrogen (secondary N) is 5. The number of likely N-dealkylation sites (N-methyl/N-ethyl adjacent to an activating group) is 2. The van der Waals surface area contributed by atoms with Gasteiger partial charge in [-0.1, -0.05) is 80.9 Å². The molecule has 2 rings (SSSR count). The molecule has 22 nitrogen and oxygen atoms in total. The molecular formula is C55H95N9O13. The highest BCUT2D eigenvalue weighted by Gasteiger charge is 2.43. The van der Waals surface area contributed by atoms with Gasteiger partial charge >= 0.3 is 0 Å². The second-order valence-electron chi connectivity index (χ2n) is 21.6. The summed E-state index contributed by atoms with van der Waals surface area (Å²) in [5.74, 6) is -3.98. The number of hydroxylamine groups is 1. The van der Waals surface area contributed by atoms with E-state index in [9.17, 15) is 38.4 Å². The Bertz CT molecular complexity index is 2020. The molecule has 1 aliphatic heterocycles. The van der Waals surface area contributed by atoms with Crippen LogP contribution in [-0.4, -0.2) is 179 Å². The van der Waals surface area contributed by atoms with E-state index in [-0.39, 0.29) is 99.6 Å². The molecule has 1 saturated heterocycles. The quantitative estimate of drug-likeness (QED) is 0.0416. The Hall–Kier alpha value is -5.26. The number of rotatable bonds is 36. The van der Waals surface area contributed by atoms with Crippen molar-refractivity contribution in [2.45, 2.75) is 169 Å². The number of likely N-dealkylation sites (tertiary alicyclic amines) is 1. The fourth-order valence-corrected chi connectivity index (χ4v) is 9.65. The van der Waals surface area contributed by atoms with E-state index in [0.717, 1.165) is 0 Å². The molecule has 438 valence electrons. The van der Waals surface area contributed by atoms with Crippen molar-refractivity contribution in [3.05, 3.63) is 29.8 Å². The molecule has 0 saturated carbocycles. The van der Waals surface area contributed by atoms with E-state index >= 15 is 0 Å². The molecule has 1 aromatic rings. The minimum Gasteiger partial charge on any atom is -0.379 e. The SMILES string of the molecule is CC[C@H](C)[C@@H]([C@@H](CC(=O)N1CCC[C@H]1[C@H](OC)[C@@H](C)C(=O)N[C@@H](CC(C)C)C(=O)NOCc1ccc(NC(=O)[C@@H](C)NC(=O)CCOCCOCCC(N)=O)cc1)OC)N(C)C(=O)[C@@H](NC(=O)[C@H](C(C)C)N(C)C)C(C)C. The summed E-state index contributed by atoms with van der Waals surface area (Å²) in [5.41, 5.74) is 8.68. The lowest BCUT2D eigenvalue weighted by Gasteiger charge is -2.41. The summed E-state index contributed by atoms with van der Waals surface area (Å²) in [6.45, 7) is 20.1. The molecule has 1 aromatic carbocycles. The van der Waals surface area contributed by atoms with Gasteiger partial charge in [-0.3, -0.25) is 48.1 Å². The molecule has 1 fully saturated rings. The Kier molecular flexibility index (Phi) is 30.5. The smallest absolute Gasteiger partial charge is 0.266 e. The molecule has 0 unspecified atom stereocenters. The fourth-order valence-electron chi connectivity index (χ4n) is 9.65. The van der Waals surface area contributed by atoms with Gasteiger partial charge in [-0.25, -0.2) is 5.48 Å². The Balaban J connectivity index is 2.05. The first-order valence-corrected chi connectivity index (χ1v) is 27.2. The van der Waals surface area contributed by atoms with Crippen molar-refractivity contribution in [1.29, 1.82) is 0 Å². The second kappa shape index (κ2) is 34.6. The number of ether oxygens (including phenoxy) is 4. The number of primary amides is 1. The van der Waals surface area contributed by atoms with Gasteiger partial charge in [-0.2, -0.15) is 0 Å². The highest BCUT2D eigenvalue weighted by atomic mass is 16.7. The third kappa shape index (κ3) is 22.6. The Labute approximate surface area is 457 Å². The summed E-state index contributed by atoms with van der Waals surface area (Å²) < 4.78 is 22.6. The van der Waals surface area contributed by atoms with Gasteiger partial charge in [-0.15, -0.1) is 0 Å². The molecule has 0 bridgehead atoms. The van der Waals surface area contributed by atoms with Gasteiger partial charge in [0.25, 0.3) is 5.91 Å². The van der Waals surface area contributed by atoms with Crippen molar-refractivity contribution < 1.29 is 62.1 Å². The first-order valence-electron chi connectivity index (χ1n) is 27.2. The van der Waals surface area contributed by atoms with Crippen molar-refractivity contribution in [3.8, 4) is 0 Å². The molecule has 8 amide bonds. The molecule has 22 heteroatoms. The molecule has 0 aromatic heterocycles. The summed E-state index contributed by atoms with van der Waals surface area (Å²) in [6.07, 6.45) is 0.971. The maximum Gasteiger partial charge on any atom is 0.266 e. The van der Waals surface area contributed by atoms with Crippen molar-refractivity contribution in [2.75, 3.05) is 73.7 Å². The first-order chi connectivity index (χ1) is 36.3. The molecule has 10 atom stereocenters. The largest absolute Gasteiger partial charge is 0.379 e. The second-order valence-corrected chi connectivity index (χ2v) is 21.6. The lowest BCUT2D eigenvalue weighted by atomic mass is 9.89. The van der Waals surface area contributed by atoms with Crippen LogP contribution < -0.4 is 32.5 Å². The zero-order valence-corrected chi connectivity index (χ0v) is 48.7. The predicted octanol–water partition coefficient (Wildman–Crippen LogP) is 3.15. The van der Waals surface area contributed by atoms with E-state index in [2.05, 4.69) is 26.7 Å². The molecule has 77 heavy (non-hydrogen) atoms. The van der Waals surface area contributed by atoms with Crippen LogP contribution in [-0.2, 0) is 68.7 Å². The van der Waals surface area contributed by atoms with E-state index in [1.165, 1.54) is 14.2 Å². The average Bonchev–Trinajstić information content (AvgIpc) is 3.85. The van der Waals surface area contributed by atoms with Crippen molar-refractivity contribution in [1.82, 2.24) is 36.1 Å². The monoisotopic (exact) mass is 1090 g/mol. The average molecular weight is 1090 g/mol. The zero-order valence-electron chi connectivity index (χ0n) is 48.7. The number of benzene rings is 1. The number of carbonyl (C=O) groups excluding carboxylic acids is 8. The lowest BCUT2D eigenvalue weighted by Crippen LogP contribution is -2.59. The van der Waals surface area contributed by atoms with E-state index in [1.54, 1.807) is 55.0 Å². The Morgan fingerprint density at radius 2 is 1.38 bits per heavy atom. The summed E-state index contributed by atoms with van der Waals surface area (Å²) >= 11 is 0. The van der Waals surface area contributed by atoms with E-state index in [1.807, 2.05) is 74.4 Å². The summed E-state index contributed by atoms with van der Waals surface area (Å²) in [6, 6.07) is 2.73. The van der Waals surface area contributed by atoms with Gasteiger partial charge < -0.3 is 55.7 Å². The molecule has 0 spiro atoms. The number of carbonyl (C=O) groups is 8. The van der Waals surface area contributed by atoms with Crippen LogP contribution in [0, 0.1) is 29.6 Å².